The summed E-state index contributed by atoms with van der Waals surface area (Å²) in [7, 11) is 0. The molecule has 2 aromatic carbocycles. The maximum atomic E-state index is 13.2. The summed E-state index contributed by atoms with van der Waals surface area (Å²) in [5, 5.41) is 1.03. The van der Waals surface area contributed by atoms with Crippen molar-refractivity contribution in [1.82, 2.24) is 19.7 Å². The SMILES string of the molecule is CC(C)N1CCN(C(=O)c2ccc3c(C4CCCN(C(=O)c5ccc(OC(F)(F)F)cc5)C4)c[nH]c3c2)CC1. The lowest BCUT2D eigenvalue weighted by molar-refractivity contribution is -0.274. The lowest BCUT2D eigenvalue weighted by Gasteiger charge is -2.37. The van der Waals surface area contributed by atoms with Crippen LogP contribution in [-0.4, -0.2) is 83.2 Å². The van der Waals surface area contributed by atoms with Crippen LogP contribution in [0.1, 0.15) is 58.9 Å². The Kier molecular flexibility index (Phi) is 7.57. The van der Waals surface area contributed by atoms with E-state index in [-0.39, 0.29) is 23.5 Å². The van der Waals surface area contributed by atoms with Crippen molar-refractivity contribution in [3.63, 3.8) is 0 Å². The first-order chi connectivity index (χ1) is 18.6. The Balaban J connectivity index is 1.26. The molecule has 1 atom stereocenters. The minimum Gasteiger partial charge on any atom is -0.406 e. The Morgan fingerprint density at radius 3 is 2.26 bits per heavy atom. The molecular weight excluding hydrogens is 509 g/mol. The van der Waals surface area contributed by atoms with Crippen molar-refractivity contribution in [3.05, 3.63) is 65.4 Å². The largest absolute Gasteiger partial charge is 0.573 e. The molecule has 3 aromatic rings. The van der Waals surface area contributed by atoms with Crippen LogP contribution < -0.4 is 4.74 Å². The van der Waals surface area contributed by atoms with Gasteiger partial charge in [0.1, 0.15) is 5.75 Å². The molecule has 0 aliphatic carbocycles. The monoisotopic (exact) mass is 542 g/mol. The number of carbonyl (C=O) groups is 2. The quantitative estimate of drug-likeness (QED) is 0.478. The van der Waals surface area contributed by atoms with E-state index in [9.17, 15) is 22.8 Å². The Labute approximate surface area is 225 Å². The molecule has 2 aliphatic heterocycles. The van der Waals surface area contributed by atoms with Crippen molar-refractivity contribution in [2.45, 2.75) is 45.0 Å². The Morgan fingerprint density at radius 1 is 0.923 bits per heavy atom. The van der Waals surface area contributed by atoms with Gasteiger partial charge in [-0.25, -0.2) is 0 Å². The number of piperazine rings is 1. The number of H-pyrrole nitrogens is 1. The molecule has 7 nitrogen and oxygen atoms in total. The lowest BCUT2D eigenvalue weighted by atomic mass is 9.89. The number of hydrogen-bond donors (Lipinski definition) is 1. The van der Waals surface area contributed by atoms with E-state index in [1.165, 1.54) is 12.1 Å². The number of likely N-dealkylation sites (tertiary alicyclic amines) is 1. The van der Waals surface area contributed by atoms with Gasteiger partial charge in [0.2, 0.25) is 0 Å². The molecule has 2 fully saturated rings. The predicted octanol–water partition coefficient (Wildman–Crippen LogP) is 5.25. The average Bonchev–Trinajstić information content (AvgIpc) is 3.35. The molecule has 2 amide bonds. The summed E-state index contributed by atoms with van der Waals surface area (Å²) in [5.74, 6) is -0.430. The Morgan fingerprint density at radius 2 is 1.59 bits per heavy atom. The number of rotatable bonds is 5. The van der Waals surface area contributed by atoms with Crippen LogP contribution in [0.3, 0.4) is 0 Å². The number of ether oxygens (including phenoxy) is 1. The molecular formula is C29H33F3N4O3. The number of nitrogens with zero attached hydrogens (tertiary/aromatic N) is 3. The van der Waals surface area contributed by atoms with Crippen LogP contribution in [0.4, 0.5) is 13.2 Å². The van der Waals surface area contributed by atoms with E-state index in [1.807, 2.05) is 29.3 Å². The first-order valence-electron chi connectivity index (χ1n) is 13.4. The van der Waals surface area contributed by atoms with E-state index in [4.69, 9.17) is 0 Å². The zero-order valence-corrected chi connectivity index (χ0v) is 22.1. The van der Waals surface area contributed by atoms with Crippen LogP contribution in [0.5, 0.6) is 5.75 Å². The molecule has 0 spiro atoms. The van der Waals surface area contributed by atoms with Gasteiger partial charge in [-0.15, -0.1) is 13.2 Å². The fourth-order valence-electron chi connectivity index (χ4n) is 5.64. The summed E-state index contributed by atoms with van der Waals surface area (Å²) >= 11 is 0. The number of aromatic amines is 1. The van der Waals surface area contributed by atoms with Crippen molar-refractivity contribution in [2.75, 3.05) is 39.3 Å². The summed E-state index contributed by atoms with van der Waals surface area (Å²) < 4.78 is 41.2. The maximum Gasteiger partial charge on any atom is 0.573 e. The number of aromatic nitrogens is 1. The molecule has 0 saturated carbocycles. The number of alkyl halides is 3. The highest BCUT2D eigenvalue weighted by atomic mass is 19.4. The summed E-state index contributed by atoms with van der Waals surface area (Å²) in [6.45, 7) is 8.62. The van der Waals surface area contributed by atoms with Crippen LogP contribution in [0.25, 0.3) is 10.9 Å². The average molecular weight is 543 g/mol. The number of benzene rings is 2. The van der Waals surface area contributed by atoms with Gasteiger partial charge in [-0.2, -0.15) is 0 Å². The van der Waals surface area contributed by atoms with Gasteiger partial charge >= 0.3 is 6.36 Å². The highest BCUT2D eigenvalue weighted by Crippen LogP contribution is 2.33. The van der Waals surface area contributed by atoms with E-state index >= 15 is 0 Å². The van der Waals surface area contributed by atoms with E-state index in [0.29, 0.717) is 30.3 Å². The second kappa shape index (κ2) is 10.9. The van der Waals surface area contributed by atoms with Crippen molar-refractivity contribution in [3.8, 4) is 5.75 Å². The van der Waals surface area contributed by atoms with Crippen molar-refractivity contribution in [2.24, 2.45) is 0 Å². The molecule has 1 N–H and O–H groups in total. The number of piperidine rings is 1. The Hall–Kier alpha value is -3.53. The third-order valence-corrected chi connectivity index (χ3v) is 7.78. The second-order valence-corrected chi connectivity index (χ2v) is 10.6. The standard InChI is InChI=1S/C29H33F3N4O3/c1-19(2)34-12-14-35(15-13-34)28(38)21-7-10-24-25(17-33-26(24)16-21)22-4-3-11-36(18-22)27(37)20-5-8-23(9-6-20)39-29(30,31)32/h5-10,16-17,19,22,33H,3-4,11-15,18H2,1-2H3. The highest BCUT2D eigenvalue weighted by Gasteiger charge is 2.32. The molecule has 3 heterocycles. The fraction of sp³-hybridized carbons (Fsp3) is 0.448. The van der Waals surface area contributed by atoms with Gasteiger partial charge in [0.25, 0.3) is 11.8 Å². The van der Waals surface area contributed by atoms with E-state index in [2.05, 4.69) is 28.5 Å². The van der Waals surface area contributed by atoms with Gasteiger partial charge in [-0.1, -0.05) is 6.07 Å². The third kappa shape index (κ3) is 6.06. The second-order valence-electron chi connectivity index (χ2n) is 10.6. The van der Waals surface area contributed by atoms with E-state index in [1.54, 1.807) is 4.90 Å². The first kappa shape index (κ1) is 27.1. The molecule has 10 heteroatoms. The van der Waals surface area contributed by atoms with Crippen LogP contribution in [-0.2, 0) is 0 Å². The van der Waals surface area contributed by atoms with Crippen molar-refractivity contribution < 1.29 is 27.5 Å². The number of carbonyl (C=O) groups excluding carboxylic acids is 2. The summed E-state index contributed by atoms with van der Waals surface area (Å²) in [6, 6.07) is 11.3. The summed E-state index contributed by atoms with van der Waals surface area (Å²) in [4.78, 5) is 35.6. The molecule has 2 saturated heterocycles. The van der Waals surface area contributed by atoms with Crippen LogP contribution in [0.15, 0.2) is 48.7 Å². The molecule has 208 valence electrons. The fourth-order valence-corrected chi connectivity index (χ4v) is 5.64. The van der Waals surface area contributed by atoms with Crippen LogP contribution in [0.2, 0.25) is 0 Å². The highest BCUT2D eigenvalue weighted by molar-refractivity contribution is 5.99. The smallest absolute Gasteiger partial charge is 0.406 e. The molecule has 0 radical (unpaired) electrons. The van der Waals surface area contributed by atoms with Crippen molar-refractivity contribution in [1.29, 1.82) is 0 Å². The number of fused-ring (bicyclic) bond motifs is 1. The van der Waals surface area contributed by atoms with Gasteiger partial charge < -0.3 is 19.5 Å². The third-order valence-electron chi connectivity index (χ3n) is 7.78. The summed E-state index contributed by atoms with van der Waals surface area (Å²) in [6.07, 6.45) is -1.09. The molecule has 39 heavy (non-hydrogen) atoms. The maximum absolute atomic E-state index is 13.2. The Bertz CT molecular complexity index is 1330. The normalized spacial score (nSPS) is 19.1. The number of hydrogen-bond acceptors (Lipinski definition) is 4. The van der Waals surface area contributed by atoms with Gasteiger partial charge in [-0.05, 0) is 68.7 Å². The van der Waals surface area contributed by atoms with Gasteiger partial charge in [-0.3, -0.25) is 14.5 Å². The minimum absolute atomic E-state index is 0.0394. The van der Waals surface area contributed by atoms with Gasteiger partial charge in [0.05, 0.1) is 0 Å². The number of amides is 2. The first-order valence-corrected chi connectivity index (χ1v) is 13.4. The topological polar surface area (TPSA) is 68.9 Å². The van der Waals surface area contributed by atoms with Crippen LogP contribution >= 0.6 is 0 Å². The molecule has 1 aromatic heterocycles. The molecule has 2 aliphatic rings. The molecule has 5 rings (SSSR count). The summed E-state index contributed by atoms with van der Waals surface area (Å²) in [5.41, 5.74) is 2.97. The van der Waals surface area contributed by atoms with Crippen molar-refractivity contribution >= 4 is 22.7 Å². The minimum atomic E-state index is -4.78. The number of halogens is 3. The zero-order chi connectivity index (χ0) is 27.7. The zero-order valence-electron chi connectivity index (χ0n) is 22.1. The van der Waals surface area contributed by atoms with E-state index < -0.39 is 6.36 Å². The van der Waals surface area contributed by atoms with Gasteiger partial charge in [0, 0.05) is 79.5 Å². The van der Waals surface area contributed by atoms with Gasteiger partial charge in [0.15, 0.2) is 0 Å². The molecule has 0 bridgehead atoms. The lowest BCUT2D eigenvalue weighted by Crippen LogP contribution is -2.50. The predicted molar refractivity (Wildman–Crippen MR) is 142 cm³/mol. The molecule has 1 unspecified atom stereocenters. The number of nitrogens with one attached hydrogen (secondary N) is 1. The van der Waals surface area contributed by atoms with Crippen LogP contribution in [0, 0.1) is 0 Å². The van der Waals surface area contributed by atoms with E-state index in [0.717, 1.165) is 67.6 Å².